The predicted molar refractivity (Wildman–Crippen MR) is 113 cm³/mol. The molecule has 5 heteroatoms. The lowest BCUT2D eigenvalue weighted by molar-refractivity contribution is -0.136. The number of hydrogen-bond donors (Lipinski definition) is 2. The molecular weight excluding hydrogens is 340 g/mol. The average molecular weight is 385 g/mol. The molecule has 2 rings (SSSR count). The third kappa shape index (κ3) is 10.1. The third-order valence-corrected chi connectivity index (χ3v) is 5.28. The number of hydrogen-bond acceptors (Lipinski definition) is 3. The molecule has 0 aromatic carbocycles. The summed E-state index contributed by atoms with van der Waals surface area (Å²) in [7, 11) is 0. The number of nitrogens with one attached hydrogen (secondary N) is 1. The van der Waals surface area contributed by atoms with Gasteiger partial charge in [-0.3, -0.25) is 9.59 Å². The van der Waals surface area contributed by atoms with Crippen molar-refractivity contribution in [2.45, 2.75) is 106 Å². The first-order valence-corrected chi connectivity index (χ1v) is 10.6. The monoisotopic (exact) mass is 384 g/mol. The second kappa shape index (κ2) is 11.7. The standard InChI is InChI=1S/C11H21NO.C8H17N.C3H6O2/c1-5-10(13)12-8-6-7-9(12)11(2,3)4;1-8(2,3)7-5-4-6-9-7;1-2-3(4)5/h9H,5-8H2,1-4H3;7,9H,4-6H2,1-3H3;2H2,1H3,(H,4,5). The molecule has 0 spiro atoms. The highest BCUT2D eigenvalue weighted by Gasteiger charge is 2.35. The Hall–Kier alpha value is -1.10. The summed E-state index contributed by atoms with van der Waals surface area (Å²) >= 11 is 0. The van der Waals surface area contributed by atoms with Gasteiger partial charge >= 0.3 is 5.97 Å². The number of carboxylic acids is 1. The predicted octanol–water partition coefficient (Wildman–Crippen LogP) is 4.70. The minimum Gasteiger partial charge on any atom is -0.481 e. The lowest BCUT2D eigenvalue weighted by atomic mass is 9.85. The van der Waals surface area contributed by atoms with Crippen LogP contribution >= 0.6 is 0 Å². The van der Waals surface area contributed by atoms with E-state index in [9.17, 15) is 9.59 Å². The van der Waals surface area contributed by atoms with Gasteiger partial charge in [-0.15, -0.1) is 0 Å². The van der Waals surface area contributed by atoms with Crippen molar-refractivity contribution in [2.24, 2.45) is 10.8 Å². The Balaban J connectivity index is 0.000000419. The Morgan fingerprint density at radius 2 is 1.52 bits per heavy atom. The van der Waals surface area contributed by atoms with Crippen LogP contribution < -0.4 is 5.32 Å². The van der Waals surface area contributed by atoms with Crippen LogP contribution in [0.1, 0.15) is 93.9 Å². The van der Waals surface area contributed by atoms with E-state index in [2.05, 4.69) is 51.8 Å². The fourth-order valence-electron chi connectivity index (χ4n) is 3.59. The molecule has 0 aromatic heterocycles. The third-order valence-electron chi connectivity index (χ3n) is 5.28. The number of amides is 1. The van der Waals surface area contributed by atoms with Crippen LogP contribution in [0.2, 0.25) is 0 Å². The summed E-state index contributed by atoms with van der Waals surface area (Å²) in [5.41, 5.74) is 0.706. The highest BCUT2D eigenvalue weighted by atomic mass is 16.4. The van der Waals surface area contributed by atoms with Crippen LogP contribution in [0.3, 0.4) is 0 Å². The molecule has 1 amide bonds. The maximum absolute atomic E-state index is 11.6. The topological polar surface area (TPSA) is 69.6 Å². The molecule has 0 aromatic rings. The summed E-state index contributed by atoms with van der Waals surface area (Å²) in [5, 5.41) is 11.2. The van der Waals surface area contributed by atoms with E-state index in [0.29, 0.717) is 23.8 Å². The van der Waals surface area contributed by atoms with E-state index in [4.69, 9.17) is 5.11 Å². The molecule has 0 saturated carbocycles. The summed E-state index contributed by atoms with van der Waals surface area (Å²) < 4.78 is 0. The van der Waals surface area contributed by atoms with Crippen molar-refractivity contribution in [2.75, 3.05) is 13.1 Å². The Kier molecular flexibility index (Phi) is 11.2. The summed E-state index contributed by atoms with van der Waals surface area (Å²) in [6, 6.07) is 1.22. The van der Waals surface area contributed by atoms with E-state index < -0.39 is 5.97 Å². The molecule has 5 nitrogen and oxygen atoms in total. The molecule has 27 heavy (non-hydrogen) atoms. The van der Waals surface area contributed by atoms with E-state index in [1.54, 1.807) is 6.92 Å². The van der Waals surface area contributed by atoms with Gasteiger partial charge in [-0.25, -0.2) is 0 Å². The zero-order valence-corrected chi connectivity index (χ0v) is 19.0. The molecule has 2 atom stereocenters. The fraction of sp³-hybridized carbons (Fsp3) is 0.909. The molecule has 0 bridgehead atoms. The fourth-order valence-corrected chi connectivity index (χ4v) is 3.59. The molecule has 2 unspecified atom stereocenters. The van der Waals surface area contributed by atoms with E-state index in [1.807, 2.05) is 6.92 Å². The largest absolute Gasteiger partial charge is 0.481 e. The average Bonchev–Trinajstić information content (AvgIpc) is 3.25. The minimum absolute atomic E-state index is 0.222. The number of rotatable bonds is 2. The lowest BCUT2D eigenvalue weighted by Crippen LogP contribution is -2.42. The molecule has 2 fully saturated rings. The van der Waals surface area contributed by atoms with Gasteiger partial charge in [-0.05, 0) is 43.1 Å². The Bertz CT molecular complexity index is 443. The van der Waals surface area contributed by atoms with Crippen LogP contribution in [-0.2, 0) is 9.59 Å². The molecule has 2 heterocycles. The van der Waals surface area contributed by atoms with Crippen LogP contribution in [0.5, 0.6) is 0 Å². The zero-order valence-electron chi connectivity index (χ0n) is 19.0. The van der Waals surface area contributed by atoms with Crippen molar-refractivity contribution in [3.05, 3.63) is 0 Å². The van der Waals surface area contributed by atoms with Crippen LogP contribution in [0.15, 0.2) is 0 Å². The number of carboxylic acid groups (broad SMARTS) is 1. The minimum atomic E-state index is -0.745. The molecule has 2 aliphatic rings. The molecule has 160 valence electrons. The van der Waals surface area contributed by atoms with Gasteiger partial charge in [-0.1, -0.05) is 55.4 Å². The van der Waals surface area contributed by atoms with Crippen LogP contribution in [-0.4, -0.2) is 47.1 Å². The van der Waals surface area contributed by atoms with Crippen molar-refractivity contribution in [1.82, 2.24) is 10.2 Å². The molecular formula is C22H44N2O3. The smallest absolute Gasteiger partial charge is 0.303 e. The number of aliphatic carboxylic acids is 1. The van der Waals surface area contributed by atoms with E-state index in [1.165, 1.54) is 32.2 Å². The van der Waals surface area contributed by atoms with E-state index in [0.717, 1.165) is 12.6 Å². The van der Waals surface area contributed by atoms with E-state index in [-0.39, 0.29) is 11.8 Å². The Labute approximate surface area is 167 Å². The van der Waals surface area contributed by atoms with Crippen molar-refractivity contribution in [3.8, 4) is 0 Å². The second-order valence-corrected chi connectivity index (χ2v) is 9.73. The highest BCUT2D eigenvalue weighted by Crippen LogP contribution is 2.32. The highest BCUT2D eigenvalue weighted by molar-refractivity contribution is 5.76. The van der Waals surface area contributed by atoms with Crippen molar-refractivity contribution >= 4 is 11.9 Å². The number of likely N-dealkylation sites (tertiary alicyclic amines) is 1. The van der Waals surface area contributed by atoms with Gasteiger partial charge in [-0.2, -0.15) is 0 Å². The maximum Gasteiger partial charge on any atom is 0.303 e. The Morgan fingerprint density at radius 3 is 1.81 bits per heavy atom. The van der Waals surface area contributed by atoms with Gasteiger partial charge in [0.2, 0.25) is 5.91 Å². The number of carbonyl (C=O) groups is 2. The number of nitrogens with zero attached hydrogens (tertiary/aromatic N) is 1. The van der Waals surface area contributed by atoms with E-state index >= 15 is 0 Å². The van der Waals surface area contributed by atoms with Crippen LogP contribution in [0.4, 0.5) is 0 Å². The zero-order chi connectivity index (χ0) is 21.3. The van der Waals surface area contributed by atoms with Crippen molar-refractivity contribution in [1.29, 1.82) is 0 Å². The van der Waals surface area contributed by atoms with Gasteiger partial charge in [0.25, 0.3) is 0 Å². The van der Waals surface area contributed by atoms with Gasteiger partial charge < -0.3 is 15.3 Å². The summed E-state index contributed by atoms with van der Waals surface area (Å²) in [6.07, 6.45) is 5.95. The first kappa shape index (κ1) is 25.9. The molecule has 2 N–H and O–H groups in total. The molecule has 2 aliphatic heterocycles. The lowest BCUT2D eigenvalue weighted by Gasteiger charge is -2.35. The van der Waals surface area contributed by atoms with Crippen molar-refractivity contribution < 1.29 is 14.7 Å². The van der Waals surface area contributed by atoms with Gasteiger partial charge in [0.05, 0.1) is 0 Å². The quantitative estimate of drug-likeness (QED) is 0.724. The molecule has 2 saturated heterocycles. The van der Waals surface area contributed by atoms with Gasteiger partial charge in [0.15, 0.2) is 0 Å². The van der Waals surface area contributed by atoms with Crippen LogP contribution in [0.25, 0.3) is 0 Å². The van der Waals surface area contributed by atoms with Crippen LogP contribution in [0, 0.1) is 10.8 Å². The van der Waals surface area contributed by atoms with Gasteiger partial charge in [0, 0.05) is 31.5 Å². The SMILES string of the molecule is CC(C)(C)C1CCCN1.CCC(=O)N1CCCC1C(C)(C)C.CCC(=O)O. The maximum atomic E-state index is 11.6. The summed E-state index contributed by atoms with van der Waals surface area (Å²) in [6.45, 7) is 19.3. The normalized spacial score (nSPS) is 22.4. The molecule has 0 radical (unpaired) electrons. The Morgan fingerprint density at radius 1 is 0.963 bits per heavy atom. The van der Waals surface area contributed by atoms with Crippen molar-refractivity contribution in [3.63, 3.8) is 0 Å². The summed E-state index contributed by atoms with van der Waals surface area (Å²) in [5.74, 6) is -0.428. The first-order valence-electron chi connectivity index (χ1n) is 10.6. The first-order chi connectivity index (χ1) is 12.3. The number of carbonyl (C=O) groups excluding carboxylic acids is 1. The summed E-state index contributed by atoms with van der Waals surface area (Å²) in [4.78, 5) is 23.0. The van der Waals surface area contributed by atoms with Gasteiger partial charge in [0.1, 0.15) is 0 Å². The molecule has 0 aliphatic carbocycles. The second-order valence-electron chi connectivity index (χ2n) is 9.73.